The zero-order valence-corrected chi connectivity index (χ0v) is 18.0. The number of rotatable bonds is 7. The Labute approximate surface area is 170 Å². The highest BCUT2D eigenvalue weighted by atomic mass is 35.5. The first-order chi connectivity index (χ1) is 12.7. The Bertz CT molecular complexity index is 498. The number of aliphatic hydroxyl groups excluding tert-OH is 3. The van der Waals surface area contributed by atoms with Gasteiger partial charge in [0, 0.05) is 6.54 Å². The summed E-state index contributed by atoms with van der Waals surface area (Å²) in [5.41, 5.74) is -0.702. The number of nitrogens with one attached hydrogen (secondary N) is 1. The van der Waals surface area contributed by atoms with E-state index in [-0.39, 0.29) is 11.9 Å². The molecule has 2 rings (SSSR count). The Morgan fingerprint density at radius 1 is 1.33 bits per heavy atom. The van der Waals surface area contributed by atoms with Gasteiger partial charge in [-0.2, -0.15) is 0 Å². The van der Waals surface area contributed by atoms with Gasteiger partial charge in [0.05, 0.1) is 17.5 Å². The molecule has 6 unspecified atom stereocenters. The van der Waals surface area contributed by atoms with Crippen molar-refractivity contribution in [3.05, 3.63) is 0 Å². The zero-order valence-electron chi connectivity index (χ0n) is 16.4. The summed E-state index contributed by atoms with van der Waals surface area (Å²) in [6, 6.07) is -0.934. The van der Waals surface area contributed by atoms with Crippen molar-refractivity contribution in [3.8, 4) is 0 Å². The van der Waals surface area contributed by atoms with Crippen molar-refractivity contribution in [2.75, 3.05) is 19.8 Å². The van der Waals surface area contributed by atoms with Crippen LogP contribution < -0.4 is 5.32 Å². The van der Waals surface area contributed by atoms with Crippen molar-refractivity contribution < 1.29 is 24.9 Å². The smallest absolute Gasteiger partial charge is 0.237 e. The van der Waals surface area contributed by atoms with E-state index in [9.17, 15) is 20.1 Å². The molecule has 9 atom stereocenters. The Kier molecular flexibility index (Phi) is 8.67. The van der Waals surface area contributed by atoms with E-state index in [2.05, 4.69) is 12.2 Å². The van der Waals surface area contributed by atoms with Gasteiger partial charge in [0.2, 0.25) is 5.91 Å². The van der Waals surface area contributed by atoms with Gasteiger partial charge in [-0.3, -0.25) is 9.69 Å². The topological polar surface area (TPSA) is 102 Å². The van der Waals surface area contributed by atoms with Gasteiger partial charge in [0.1, 0.15) is 29.9 Å². The van der Waals surface area contributed by atoms with Crippen molar-refractivity contribution in [1.29, 1.82) is 0 Å². The van der Waals surface area contributed by atoms with Gasteiger partial charge in [0.25, 0.3) is 0 Å². The first kappa shape index (κ1) is 23.2. The number of thioether (sulfide) groups is 1. The summed E-state index contributed by atoms with van der Waals surface area (Å²) in [5.74, 6) is 0.350. The van der Waals surface area contributed by atoms with Crippen molar-refractivity contribution in [3.63, 3.8) is 0 Å². The van der Waals surface area contributed by atoms with E-state index >= 15 is 0 Å². The van der Waals surface area contributed by atoms with Crippen molar-refractivity contribution >= 4 is 29.3 Å². The molecule has 9 heteroatoms. The average Bonchev–Trinajstić information content (AvgIpc) is 2.99. The van der Waals surface area contributed by atoms with Crippen LogP contribution in [0, 0.1) is 5.92 Å². The lowest BCUT2D eigenvalue weighted by molar-refractivity contribution is -0.205. The zero-order chi connectivity index (χ0) is 20.3. The number of carbonyl (C=O) groups excluding carboxylic acids is 1. The summed E-state index contributed by atoms with van der Waals surface area (Å²) >= 11 is 7.55. The molecule has 0 radical (unpaired) electrons. The number of alkyl halides is 1. The third-order valence-corrected chi connectivity index (χ3v) is 6.76. The van der Waals surface area contributed by atoms with Crippen molar-refractivity contribution in [2.45, 2.75) is 80.4 Å². The molecule has 0 aromatic rings. The van der Waals surface area contributed by atoms with Crippen LogP contribution in [0.15, 0.2) is 0 Å². The summed E-state index contributed by atoms with van der Waals surface area (Å²) in [5, 5.41) is 33.0. The Balaban J connectivity index is 2.09. The van der Waals surface area contributed by atoms with Gasteiger partial charge in [-0.15, -0.1) is 23.4 Å². The highest BCUT2D eigenvalue weighted by molar-refractivity contribution is 7.99. The van der Waals surface area contributed by atoms with Gasteiger partial charge < -0.3 is 25.4 Å². The first-order valence-electron chi connectivity index (χ1n) is 9.58. The number of ether oxygens (including phenoxy) is 1. The van der Waals surface area contributed by atoms with E-state index in [1.165, 1.54) is 11.8 Å². The molecule has 0 aliphatic carbocycles. The minimum atomic E-state index is -1.36. The van der Waals surface area contributed by atoms with Crippen LogP contribution in [0.4, 0.5) is 0 Å². The van der Waals surface area contributed by atoms with E-state index in [1.807, 2.05) is 11.9 Å². The van der Waals surface area contributed by atoms with Crippen LogP contribution in [-0.4, -0.2) is 93.3 Å². The molecule has 2 fully saturated rings. The van der Waals surface area contributed by atoms with E-state index < -0.39 is 41.3 Å². The second-order valence-corrected chi connectivity index (χ2v) is 9.36. The molecule has 4 N–H and O–H groups in total. The lowest BCUT2D eigenvalue weighted by atomic mass is 9.92. The molecule has 0 bridgehead atoms. The van der Waals surface area contributed by atoms with E-state index in [1.54, 1.807) is 13.2 Å². The molecule has 2 aliphatic rings. The number of hydrogen-bond donors (Lipinski definition) is 4. The fourth-order valence-electron chi connectivity index (χ4n) is 4.11. The highest BCUT2D eigenvalue weighted by Crippen LogP contribution is 2.31. The Hall–Kier alpha value is -0.0900. The molecule has 27 heavy (non-hydrogen) atoms. The molecule has 2 heterocycles. The quantitative estimate of drug-likeness (QED) is 0.438. The highest BCUT2D eigenvalue weighted by Gasteiger charge is 2.48. The average molecular weight is 425 g/mol. The maximum atomic E-state index is 12.9. The molecule has 0 saturated carbocycles. The molecular formula is C18H33ClN2O5S. The first-order valence-corrected chi connectivity index (χ1v) is 11.3. The minimum absolute atomic E-state index is 0.147. The molecule has 0 aromatic carbocycles. The van der Waals surface area contributed by atoms with Crippen LogP contribution in [0.5, 0.6) is 0 Å². The molecule has 158 valence electrons. The van der Waals surface area contributed by atoms with Gasteiger partial charge in [0.15, 0.2) is 0 Å². The van der Waals surface area contributed by atoms with Crippen LogP contribution in [0.3, 0.4) is 0 Å². The molecular weight excluding hydrogens is 392 g/mol. The third-order valence-electron chi connectivity index (χ3n) is 5.63. The molecule has 0 spiro atoms. The fraction of sp³-hybridized carbons (Fsp3) is 0.944. The number of amides is 1. The molecule has 1 amide bonds. The van der Waals surface area contributed by atoms with Gasteiger partial charge in [-0.05, 0) is 39.0 Å². The summed E-state index contributed by atoms with van der Waals surface area (Å²) in [4.78, 5) is 14.9. The maximum absolute atomic E-state index is 12.9. The summed E-state index contributed by atoms with van der Waals surface area (Å²) < 4.78 is 5.79. The second-order valence-electron chi connectivity index (χ2n) is 7.73. The van der Waals surface area contributed by atoms with Crippen LogP contribution >= 0.6 is 23.4 Å². The maximum Gasteiger partial charge on any atom is 0.237 e. The molecule has 0 aromatic heterocycles. The number of aliphatic hydroxyl groups is 3. The number of likely N-dealkylation sites (tertiary alicyclic amines) is 1. The van der Waals surface area contributed by atoms with Gasteiger partial charge >= 0.3 is 0 Å². The predicted octanol–water partition coefficient (Wildman–Crippen LogP) is 0.390. The Morgan fingerprint density at radius 2 is 2.00 bits per heavy atom. The fourth-order valence-corrected chi connectivity index (χ4v) is 5.00. The molecule has 2 saturated heterocycles. The predicted molar refractivity (Wildman–Crippen MR) is 107 cm³/mol. The van der Waals surface area contributed by atoms with Crippen LogP contribution in [0.2, 0.25) is 0 Å². The third kappa shape index (κ3) is 5.29. The number of carbonyl (C=O) groups is 1. The van der Waals surface area contributed by atoms with Crippen molar-refractivity contribution in [2.24, 2.45) is 5.92 Å². The minimum Gasteiger partial charge on any atom is -0.388 e. The van der Waals surface area contributed by atoms with E-state index in [0.29, 0.717) is 5.92 Å². The van der Waals surface area contributed by atoms with Crippen LogP contribution in [0.25, 0.3) is 0 Å². The largest absolute Gasteiger partial charge is 0.388 e. The van der Waals surface area contributed by atoms with Crippen LogP contribution in [-0.2, 0) is 9.53 Å². The monoisotopic (exact) mass is 424 g/mol. The lowest BCUT2D eigenvalue weighted by Crippen LogP contribution is -2.65. The standard InChI is InChI=1S/C18H33ClN2O5S/c1-5-6-10-7-11(21(3)8-10)17(25)20-12(9(2)19)16-14(23)13(22)15(24)18(26-16)27-4/h9-16,18,22-24H,5-8H2,1-4H3,(H,20,25)/t9?,10?,11-,12?,13?,14+,15?,16?,18+/m0/s1. The Morgan fingerprint density at radius 3 is 2.56 bits per heavy atom. The van der Waals surface area contributed by atoms with E-state index in [0.717, 1.165) is 25.8 Å². The van der Waals surface area contributed by atoms with E-state index in [4.69, 9.17) is 16.3 Å². The van der Waals surface area contributed by atoms with Crippen molar-refractivity contribution in [1.82, 2.24) is 10.2 Å². The lowest BCUT2D eigenvalue weighted by Gasteiger charge is -2.44. The molecule has 2 aliphatic heterocycles. The van der Waals surface area contributed by atoms with Crippen LogP contribution in [0.1, 0.15) is 33.1 Å². The normalized spacial score (nSPS) is 39.9. The molecule has 7 nitrogen and oxygen atoms in total. The van der Waals surface area contributed by atoms with Gasteiger partial charge in [-0.25, -0.2) is 0 Å². The number of halogens is 1. The summed E-state index contributed by atoms with van der Waals surface area (Å²) in [7, 11) is 1.94. The number of nitrogens with zero attached hydrogens (tertiary/aromatic N) is 1. The second kappa shape index (κ2) is 10.1. The summed E-state index contributed by atoms with van der Waals surface area (Å²) in [6.45, 7) is 4.74. The van der Waals surface area contributed by atoms with Gasteiger partial charge in [-0.1, -0.05) is 13.3 Å². The number of hydrogen-bond acceptors (Lipinski definition) is 7. The summed E-state index contributed by atoms with van der Waals surface area (Å²) in [6.07, 6.45) is -0.0980. The number of likely N-dealkylation sites (N-methyl/N-ethyl adjacent to an activating group) is 1. The SMILES string of the molecule is CCCC1C[C@@H](C(=O)NC(C(C)Cl)C2O[C@H](SC)C(O)C(O)[C@H]2O)N(C)C1.